The van der Waals surface area contributed by atoms with Gasteiger partial charge in [-0.05, 0) is 36.1 Å². The van der Waals surface area contributed by atoms with Gasteiger partial charge in [-0.3, -0.25) is 4.79 Å². The molecule has 1 aliphatic rings. The highest BCUT2D eigenvalue weighted by Gasteiger charge is 2.12. The first kappa shape index (κ1) is 9.71. The number of carbonyl (C=O) groups is 1. The normalized spacial score (nSPS) is 16.3. The van der Waals surface area contributed by atoms with Gasteiger partial charge in [0.25, 0.3) is 0 Å². The molecule has 1 aromatic rings. The Bertz CT molecular complexity index is 437. The second kappa shape index (κ2) is 3.73. The molecule has 0 bridgehead atoms. The van der Waals surface area contributed by atoms with Crippen molar-refractivity contribution in [2.75, 3.05) is 11.5 Å². The highest BCUT2D eigenvalue weighted by atomic mass is 16.1. The summed E-state index contributed by atoms with van der Waals surface area (Å²) in [5.74, 6) is 0.508. The van der Waals surface area contributed by atoms with Crippen molar-refractivity contribution in [3.63, 3.8) is 0 Å². The molecule has 0 atom stereocenters. The number of pyridine rings is 1. The molecule has 0 amide bonds. The zero-order valence-electron chi connectivity index (χ0n) is 8.36. The number of nitrogen functional groups attached to an aromatic ring is 2. The van der Waals surface area contributed by atoms with Gasteiger partial charge in [0.2, 0.25) is 0 Å². The van der Waals surface area contributed by atoms with E-state index in [0.717, 1.165) is 24.0 Å². The van der Waals surface area contributed by atoms with Crippen LogP contribution >= 0.6 is 0 Å². The number of carbonyl (C=O) groups excluding carboxylic acids is 1. The fourth-order valence-corrected chi connectivity index (χ4v) is 1.69. The van der Waals surface area contributed by atoms with Crippen LogP contribution in [0.3, 0.4) is 0 Å². The van der Waals surface area contributed by atoms with E-state index in [0.29, 0.717) is 17.9 Å². The molecule has 0 unspecified atom stereocenters. The molecule has 4 nitrogen and oxygen atoms in total. The van der Waals surface area contributed by atoms with E-state index in [-0.39, 0.29) is 5.78 Å². The lowest BCUT2D eigenvalue weighted by Gasteiger charge is -2.12. The molecule has 0 spiro atoms. The highest BCUT2D eigenvalue weighted by Crippen LogP contribution is 2.26. The summed E-state index contributed by atoms with van der Waals surface area (Å²) in [4.78, 5) is 15.2. The summed E-state index contributed by atoms with van der Waals surface area (Å²) in [5.41, 5.74) is 13.6. The van der Waals surface area contributed by atoms with Crippen molar-refractivity contribution in [2.45, 2.75) is 19.3 Å². The smallest absolute Gasteiger partial charge is 0.155 e. The molecule has 0 aromatic carbocycles. The molecular formula is C11H13N3O. The first-order valence-electron chi connectivity index (χ1n) is 4.91. The number of anilines is 2. The number of hydrogen-bond donors (Lipinski definition) is 2. The highest BCUT2D eigenvalue weighted by molar-refractivity contribution is 5.98. The van der Waals surface area contributed by atoms with E-state index >= 15 is 0 Å². The Labute approximate surface area is 88.0 Å². The van der Waals surface area contributed by atoms with Gasteiger partial charge in [-0.15, -0.1) is 0 Å². The number of rotatable bonds is 1. The van der Waals surface area contributed by atoms with E-state index < -0.39 is 0 Å². The van der Waals surface area contributed by atoms with Crippen LogP contribution < -0.4 is 11.5 Å². The largest absolute Gasteiger partial charge is 0.396 e. The van der Waals surface area contributed by atoms with Crippen molar-refractivity contribution in [3.8, 4) is 0 Å². The Morgan fingerprint density at radius 3 is 2.73 bits per heavy atom. The maximum Gasteiger partial charge on any atom is 0.155 e. The van der Waals surface area contributed by atoms with Crippen LogP contribution in [0.5, 0.6) is 0 Å². The van der Waals surface area contributed by atoms with Gasteiger partial charge < -0.3 is 11.5 Å². The molecular weight excluding hydrogens is 190 g/mol. The summed E-state index contributed by atoms with van der Waals surface area (Å²) < 4.78 is 0. The van der Waals surface area contributed by atoms with Crippen molar-refractivity contribution < 1.29 is 4.79 Å². The summed E-state index contributed by atoms with van der Waals surface area (Å²) in [5, 5.41) is 0. The van der Waals surface area contributed by atoms with Gasteiger partial charge in [0, 0.05) is 12.6 Å². The third-order valence-electron chi connectivity index (χ3n) is 2.52. The van der Waals surface area contributed by atoms with Gasteiger partial charge in [-0.1, -0.05) is 0 Å². The van der Waals surface area contributed by atoms with E-state index in [1.165, 1.54) is 0 Å². The van der Waals surface area contributed by atoms with Gasteiger partial charge in [0.1, 0.15) is 5.82 Å². The summed E-state index contributed by atoms with van der Waals surface area (Å²) in [6, 6.07) is 1.77. The molecule has 1 heterocycles. The quantitative estimate of drug-likeness (QED) is 0.722. The number of allylic oxidation sites excluding steroid dienone is 2. The SMILES string of the molecule is Nc1cc(C2=CC(=O)CCC2)cnc1N. The molecule has 4 N–H and O–H groups in total. The lowest BCUT2D eigenvalue weighted by molar-refractivity contribution is -0.114. The summed E-state index contributed by atoms with van der Waals surface area (Å²) in [7, 11) is 0. The molecule has 78 valence electrons. The minimum absolute atomic E-state index is 0.173. The molecule has 1 aliphatic carbocycles. The Kier molecular flexibility index (Phi) is 2.41. The van der Waals surface area contributed by atoms with Crippen molar-refractivity contribution in [2.24, 2.45) is 0 Å². The van der Waals surface area contributed by atoms with Gasteiger partial charge in [-0.25, -0.2) is 4.98 Å². The minimum Gasteiger partial charge on any atom is -0.396 e. The maximum absolute atomic E-state index is 11.2. The van der Waals surface area contributed by atoms with Crippen LogP contribution in [0.15, 0.2) is 18.3 Å². The fraction of sp³-hybridized carbons (Fsp3) is 0.273. The first-order chi connectivity index (χ1) is 7.16. The summed E-state index contributed by atoms with van der Waals surface area (Å²) >= 11 is 0. The first-order valence-corrected chi connectivity index (χ1v) is 4.91. The predicted molar refractivity (Wildman–Crippen MR) is 59.9 cm³/mol. The van der Waals surface area contributed by atoms with Gasteiger partial charge >= 0.3 is 0 Å². The van der Waals surface area contributed by atoms with Crippen molar-refractivity contribution in [1.29, 1.82) is 0 Å². The number of nitrogens with zero attached hydrogens (tertiary/aromatic N) is 1. The number of aromatic nitrogens is 1. The zero-order valence-corrected chi connectivity index (χ0v) is 8.36. The zero-order chi connectivity index (χ0) is 10.8. The average Bonchev–Trinajstić information content (AvgIpc) is 2.22. The van der Waals surface area contributed by atoms with Crippen LogP contribution in [0.4, 0.5) is 11.5 Å². The van der Waals surface area contributed by atoms with Crippen molar-refractivity contribution in [3.05, 3.63) is 23.9 Å². The van der Waals surface area contributed by atoms with Crippen LogP contribution in [0.2, 0.25) is 0 Å². The second-order valence-electron chi connectivity index (χ2n) is 3.69. The third-order valence-corrected chi connectivity index (χ3v) is 2.52. The molecule has 4 heteroatoms. The molecule has 0 fully saturated rings. The van der Waals surface area contributed by atoms with E-state index in [4.69, 9.17) is 11.5 Å². The van der Waals surface area contributed by atoms with Crippen LogP contribution in [-0.2, 0) is 4.79 Å². The van der Waals surface area contributed by atoms with Gasteiger partial charge in [0.05, 0.1) is 5.69 Å². The van der Waals surface area contributed by atoms with Gasteiger partial charge in [-0.2, -0.15) is 0 Å². The number of nitrogens with two attached hydrogens (primary N) is 2. The molecule has 15 heavy (non-hydrogen) atoms. The molecule has 2 rings (SSSR count). The predicted octanol–water partition coefficient (Wildman–Crippen LogP) is 1.38. The monoisotopic (exact) mass is 203 g/mol. The molecule has 0 aliphatic heterocycles. The Morgan fingerprint density at radius 2 is 2.07 bits per heavy atom. The van der Waals surface area contributed by atoms with E-state index in [2.05, 4.69) is 4.98 Å². The van der Waals surface area contributed by atoms with E-state index in [9.17, 15) is 4.79 Å². The van der Waals surface area contributed by atoms with Crippen LogP contribution in [0, 0.1) is 0 Å². The standard InChI is InChI=1S/C11H13N3O/c12-10-5-8(6-14-11(10)13)7-2-1-3-9(15)4-7/h4-6H,1-3,12H2,(H2,13,14). The van der Waals surface area contributed by atoms with E-state index in [1.807, 2.05) is 0 Å². The number of hydrogen-bond acceptors (Lipinski definition) is 4. The fourth-order valence-electron chi connectivity index (χ4n) is 1.69. The molecule has 0 saturated carbocycles. The van der Waals surface area contributed by atoms with Crippen molar-refractivity contribution >= 4 is 22.9 Å². The second-order valence-corrected chi connectivity index (χ2v) is 3.69. The summed E-state index contributed by atoms with van der Waals surface area (Å²) in [6.07, 6.45) is 5.78. The lowest BCUT2D eigenvalue weighted by atomic mass is 9.94. The molecule has 0 radical (unpaired) electrons. The van der Waals surface area contributed by atoms with Crippen molar-refractivity contribution in [1.82, 2.24) is 4.98 Å². The van der Waals surface area contributed by atoms with Gasteiger partial charge in [0.15, 0.2) is 5.78 Å². The Morgan fingerprint density at radius 1 is 1.27 bits per heavy atom. The third kappa shape index (κ3) is 1.98. The van der Waals surface area contributed by atoms with Crippen LogP contribution in [0.25, 0.3) is 5.57 Å². The number of ketones is 1. The van der Waals surface area contributed by atoms with E-state index in [1.54, 1.807) is 18.3 Å². The summed E-state index contributed by atoms with van der Waals surface area (Å²) in [6.45, 7) is 0. The molecule has 1 aromatic heterocycles. The lowest BCUT2D eigenvalue weighted by Crippen LogP contribution is -2.04. The van der Waals surface area contributed by atoms with Crippen LogP contribution in [0.1, 0.15) is 24.8 Å². The van der Waals surface area contributed by atoms with Crippen LogP contribution in [-0.4, -0.2) is 10.8 Å². The Hall–Kier alpha value is -1.84. The average molecular weight is 203 g/mol. The molecule has 0 saturated heterocycles. The minimum atomic E-state index is 0.173. The maximum atomic E-state index is 11.2. The Balaban J connectivity index is 2.37. The topological polar surface area (TPSA) is 82.0 Å².